The van der Waals surface area contributed by atoms with E-state index in [4.69, 9.17) is 5.11 Å². The predicted molar refractivity (Wildman–Crippen MR) is 71.9 cm³/mol. The number of carbonyl (C=O) groups is 2. The molecule has 0 bridgehead atoms. The van der Waals surface area contributed by atoms with Crippen LogP contribution in [0.4, 0.5) is 0 Å². The molecular formula is C13H19NO3S. The number of aliphatic carboxylic acids is 1. The highest BCUT2D eigenvalue weighted by Crippen LogP contribution is 2.17. The smallest absolute Gasteiger partial charge is 0.323 e. The van der Waals surface area contributed by atoms with Gasteiger partial charge in [0.15, 0.2) is 0 Å². The Kier molecular flexibility index (Phi) is 5.85. The van der Waals surface area contributed by atoms with Crippen molar-refractivity contribution in [1.82, 2.24) is 4.90 Å². The van der Waals surface area contributed by atoms with E-state index in [0.29, 0.717) is 13.0 Å². The van der Waals surface area contributed by atoms with E-state index >= 15 is 0 Å². The minimum absolute atomic E-state index is 0.0758. The summed E-state index contributed by atoms with van der Waals surface area (Å²) in [6.45, 7) is 4.10. The fourth-order valence-electron chi connectivity index (χ4n) is 1.73. The zero-order chi connectivity index (χ0) is 13.5. The lowest BCUT2D eigenvalue weighted by Crippen LogP contribution is -2.35. The maximum atomic E-state index is 11.8. The van der Waals surface area contributed by atoms with Crippen LogP contribution in [0.2, 0.25) is 0 Å². The van der Waals surface area contributed by atoms with Gasteiger partial charge in [-0.25, -0.2) is 0 Å². The highest BCUT2D eigenvalue weighted by Gasteiger charge is 2.14. The van der Waals surface area contributed by atoms with Crippen molar-refractivity contribution < 1.29 is 14.7 Å². The number of likely N-dealkylation sites (N-methyl/N-ethyl adjacent to an activating group) is 1. The maximum Gasteiger partial charge on any atom is 0.323 e. The van der Waals surface area contributed by atoms with Crippen molar-refractivity contribution in [3.8, 4) is 0 Å². The van der Waals surface area contributed by atoms with Crippen LogP contribution in [0.1, 0.15) is 29.5 Å². The van der Waals surface area contributed by atoms with Crippen LogP contribution in [-0.4, -0.2) is 35.0 Å². The molecular weight excluding hydrogens is 250 g/mol. The minimum Gasteiger partial charge on any atom is -0.480 e. The molecule has 0 aliphatic rings. The van der Waals surface area contributed by atoms with Gasteiger partial charge < -0.3 is 10.0 Å². The van der Waals surface area contributed by atoms with Gasteiger partial charge in [-0.1, -0.05) is 0 Å². The number of aryl methyl sites for hydroxylation is 2. The van der Waals surface area contributed by atoms with E-state index in [1.54, 1.807) is 18.3 Å². The van der Waals surface area contributed by atoms with Crippen molar-refractivity contribution in [3.63, 3.8) is 0 Å². The molecule has 1 aromatic rings. The molecule has 0 aliphatic carbocycles. The summed E-state index contributed by atoms with van der Waals surface area (Å²) in [5.41, 5.74) is 0. The van der Waals surface area contributed by atoms with Crippen molar-refractivity contribution in [1.29, 1.82) is 0 Å². The van der Waals surface area contributed by atoms with E-state index in [-0.39, 0.29) is 12.5 Å². The SMILES string of the molecule is CCN(CC(=O)O)C(=O)CCCc1ccc(C)s1. The summed E-state index contributed by atoms with van der Waals surface area (Å²) in [6, 6.07) is 4.16. The zero-order valence-corrected chi connectivity index (χ0v) is 11.6. The zero-order valence-electron chi connectivity index (χ0n) is 10.8. The van der Waals surface area contributed by atoms with Gasteiger partial charge >= 0.3 is 5.97 Å². The average molecular weight is 269 g/mol. The molecule has 1 amide bonds. The molecule has 18 heavy (non-hydrogen) atoms. The van der Waals surface area contributed by atoms with Crippen LogP contribution >= 0.6 is 11.3 Å². The lowest BCUT2D eigenvalue weighted by Gasteiger charge is -2.18. The molecule has 4 nitrogen and oxygen atoms in total. The number of amides is 1. The van der Waals surface area contributed by atoms with Gasteiger partial charge in [0.2, 0.25) is 5.91 Å². The predicted octanol–water partition coefficient (Wildman–Crippen LogP) is 2.31. The second-order valence-electron chi connectivity index (χ2n) is 4.17. The average Bonchev–Trinajstić information content (AvgIpc) is 2.71. The van der Waals surface area contributed by atoms with Crippen molar-refractivity contribution in [2.45, 2.75) is 33.1 Å². The molecule has 0 saturated heterocycles. The van der Waals surface area contributed by atoms with Crippen molar-refractivity contribution in [3.05, 3.63) is 21.9 Å². The normalized spacial score (nSPS) is 10.3. The Bertz CT molecular complexity index is 414. The molecule has 0 radical (unpaired) electrons. The summed E-state index contributed by atoms with van der Waals surface area (Å²) in [5.74, 6) is -1.03. The first-order valence-electron chi connectivity index (χ1n) is 6.07. The molecule has 1 rings (SSSR count). The Morgan fingerprint density at radius 1 is 1.39 bits per heavy atom. The van der Waals surface area contributed by atoms with Crippen molar-refractivity contribution >= 4 is 23.2 Å². The molecule has 1 aromatic heterocycles. The van der Waals surface area contributed by atoms with Gasteiger partial charge in [0.05, 0.1) is 0 Å². The second-order valence-corrected chi connectivity index (χ2v) is 5.54. The number of carbonyl (C=O) groups excluding carboxylic acids is 1. The number of thiophene rings is 1. The Morgan fingerprint density at radius 3 is 2.61 bits per heavy atom. The number of nitrogens with zero attached hydrogens (tertiary/aromatic N) is 1. The molecule has 0 unspecified atom stereocenters. The van der Waals surface area contributed by atoms with Crippen molar-refractivity contribution in [2.24, 2.45) is 0 Å². The van der Waals surface area contributed by atoms with Crippen LogP contribution in [0, 0.1) is 6.92 Å². The second kappa shape index (κ2) is 7.16. The summed E-state index contributed by atoms with van der Waals surface area (Å²) in [7, 11) is 0. The maximum absolute atomic E-state index is 11.8. The Morgan fingerprint density at radius 2 is 2.11 bits per heavy atom. The van der Waals surface area contributed by atoms with E-state index in [1.165, 1.54) is 14.7 Å². The third-order valence-corrected chi connectivity index (χ3v) is 3.73. The Balaban J connectivity index is 2.33. The van der Waals surface area contributed by atoms with E-state index in [2.05, 4.69) is 19.1 Å². The fraction of sp³-hybridized carbons (Fsp3) is 0.538. The molecule has 1 heterocycles. The van der Waals surface area contributed by atoms with Crippen molar-refractivity contribution in [2.75, 3.05) is 13.1 Å². The van der Waals surface area contributed by atoms with Gasteiger partial charge in [-0.3, -0.25) is 9.59 Å². The van der Waals surface area contributed by atoms with E-state index in [0.717, 1.165) is 12.8 Å². The van der Waals surface area contributed by atoms with Crippen LogP contribution in [-0.2, 0) is 16.0 Å². The van der Waals surface area contributed by atoms with E-state index in [1.807, 2.05) is 0 Å². The molecule has 0 saturated carbocycles. The molecule has 0 atom stereocenters. The fourth-order valence-corrected chi connectivity index (χ4v) is 2.66. The summed E-state index contributed by atoms with van der Waals surface area (Å²) >= 11 is 1.75. The van der Waals surface area contributed by atoms with Crippen LogP contribution in [0.15, 0.2) is 12.1 Å². The monoisotopic (exact) mass is 269 g/mol. The molecule has 100 valence electrons. The molecule has 0 spiro atoms. The third-order valence-electron chi connectivity index (χ3n) is 2.67. The summed E-state index contributed by atoms with van der Waals surface area (Å²) in [6.07, 6.45) is 2.07. The highest BCUT2D eigenvalue weighted by atomic mass is 32.1. The first kappa shape index (κ1) is 14.7. The molecule has 0 aliphatic heterocycles. The number of hydrogen-bond donors (Lipinski definition) is 1. The minimum atomic E-state index is -0.959. The molecule has 5 heteroatoms. The van der Waals surface area contributed by atoms with Crippen LogP contribution in [0.3, 0.4) is 0 Å². The number of carboxylic acid groups (broad SMARTS) is 1. The standard InChI is InChI=1S/C13H19NO3S/c1-3-14(9-13(16)17)12(15)6-4-5-11-8-7-10(2)18-11/h7-8H,3-6,9H2,1-2H3,(H,16,17). The first-order chi connectivity index (χ1) is 8.52. The lowest BCUT2D eigenvalue weighted by atomic mass is 10.2. The van der Waals surface area contributed by atoms with Crippen LogP contribution < -0.4 is 0 Å². The number of rotatable bonds is 7. The summed E-state index contributed by atoms with van der Waals surface area (Å²) < 4.78 is 0. The van der Waals surface area contributed by atoms with Gasteiger partial charge in [-0.05, 0) is 38.8 Å². The molecule has 0 fully saturated rings. The first-order valence-corrected chi connectivity index (χ1v) is 6.89. The van der Waals surface area contributed by atoms with Gasteiger partial charge in [0, 0.05) is 22.7 Å². The van der Waals surface area contributed by atoms with Crippen LogP contribution in [0.25, 0.3) is 0 Å². The summed E-state index contributed by atoms with van der Waals surface area (Å²) in [4.78, 5) is 26.3. The largest absolute Gasteiger partial charge is 0.480 e. The van der Waals surface area contributed by atoms with Crippen LogP contribution in [0.5, 0.6) is 0 Å². The van der Waals surface area contributed by atoms with E-state index < -0.39 is 5.97 Å². The van der Waals surface area contributed by atoms with Gasteiger partial charge in [-0.2, -0.15) is 0 Å². The Labute approximate surface area is 111 Å². The topological polar surface area (TPSA) is 57.6 Å². The summed E-state index contributed by atoms with van der Waals surface area (Å²) in [5, 5.41) is 8.68. The molecule has 0 aromatic carbocycles. The van der Waals surface area contributed by atoms with E-state index in [9.17, 15) is 9.59 Å². The Hall–Kier alpha value is -1.36. The highest BCUT2D eigenvalue weighted by molar-refractivity contribution is 7.11. The lowest BCUT2D eigenvalue weighted by molar-refractivity contribution is -0.144. The number of carboxylic acids is 1. The van der Waals surface area contributed by atoms with Gasteiger partial charge in [0.25, 0.3) is 0 Å². The van der Waals surface area contributed by atoms with Gasteiger partial charge in [0.1, 0.15) is 6.54 Å². The van der Waals surface area contributed by atoms with Gasteiger partial charge in [-0.15, -0.1) is 11.3 Å². The molecule has 1 N–H and O–H groups in total. The number of hydrogen-bond acceptors (Lipinski definition) is 3. The quantitative estimate of drug-likeness (QED) is 0.826. The third kappa shape index (κ3) is 4.87.